The Labute approximate surface area is 188 Å². The Hall–Kier alpha value is -4.04. The molecule has 0 heterocycles. The molecule has 0 aliphatic rings. The third-order valence-corrected chi connectivity index (χ3v) is 5.05. The number of nitrogens with zero attached hydrogens (tertiary/aromatic N) is 1. The molecule has 0 bridgehead atoms. The van der Waals surface area contributed by atoms with E-state index in [0.717, 1.165) is 16.7 Å². The maximum Gasteiger partial charge on any atom is 0.261 e. The molecule has 5 heteroatoms. The molecule has 0 radical (unpaired) electrons. The smallest absolute Gasteiger partial charge is 0.261 e. The van der Waals surface area contributed by atoms with Gasteiger partial charge in [0.1, 0.15) is 18.2 Å². The molecule has 0 aliphatic carbocycles. The molecule has 3 aromatic carbocycles. The van der Waals surface area contributed by atoms with Crippen LogP contribution < -0.4 is 14.8 Å². The van der Waals surface area contributed by atoms with Crippen LogP contribution in [0.25, 0.3) is 6.08 Å². The number of carbonyl (C=O) groups is 1. The van der Waals surface area contributed by atoms with E-state index in [1.807, 2.05) is 67.6 Å². The molecule has 1 amide bonds. The second kappa shape index (κ2) is 11.4. The molecular weight excluding hydrogens is 400 g/mol. The average molecular weight is 427 g/mol. The molecule has 3 rings (SSSR count). The van der Waals surface area contributed by atoms with Crippen LogP contribution in [0, 0.1) is 18.3 Å². The number of rotatable bonds is 9. The molecule has 0 saturated heterocycles. The van der Waals surface area contributed by atoms with Gasteiger partial charge in [0.2, 0.25) is 0 Å². The molecule has 3 aromatic rings. The van der Waals surface area contributed by atoms with Crippen molar-refractivity contribution in [2.75, 3.05) is 13.7 Å². The maximum absolute atomic E-state index is 12.4. The molecule has 0 unspecified atom stereocenters. The summed E-state index contributed by atoms with van der Waals surface area (Å²) in [7, 11) is 1.56. The van der Waals surface area contributed by atoms with Crippen LogP contribution in [-0.2, 0) is 17.8 Å². The Morgan fingerprint density at radius 2 is 1.78 bits per heavy atom. The highest BCUT2D eigenvalue weighted by atomic mass is 16.5. The van der Waals surface area contributed by atoms with Gasteiger partial charge in [0.05, 0.1) is 7.11 Å². The molecule has 32 heavy (non-hydrogen) atoms. The highest BCUT2D eigenvalue weighted by Gasteiger charge is 2.11. The Morgan fingerprint density at radius 1 is 1.03 bits per heavy atom. The van der Waals surface area contributed by atoms with Crippen LogP contribution in [0.4, 0.5) is 0 Å². The highest BCUT2D eigenvalue weighted by Crippen LogP contribution is 2.30. The maximum atomic E-state index is 12.4. The number of hydrogen-bond acceptors (Lipinski definition) is 4. The molecule has 5 nitrogen and oxygen atoms in total. The Morgan fingerprint density at radius 3 is 2.50 bits per heavy atom. The lowest BCUT2D eigenvalue weighted by Crippen LogP contribution is -2.26. The number of ether oxygens (including phenoxy) is 2. The van der Waals surface area contributed by atoms with E-state index >= 15 is 0 Å². The zero-order valence-corrected chi connectivity index (χ0v) is 18.3. The van der Waals surface area contributed by atoms with Crippen LogP contribution in [0.3, 0.4) is 0 Å². The molecule has 1 N–H and O–H groups in total. The van der Waals surface area contributed by atoms with Crippen LogP contribution in [0.15, 0.2) is 78.4 Å². The Balaban J connectivity index is 1.65. The SMILES string of the molecule is COc1cc(/C=C(/C#N)C(=O)NCCc2ccccc2)ccc1OCc1ccccc1C. The van der Waals surface area contributed by atoms with E-state index in [1.54, 1.807) is 31.4 Å². The van der Waals surface area contributed by atoms with Crippen LogP contribution in [-0.4, -0.2) is 19.6 Å². The number of aryl methyl sites for hydroxylation is 1. The first-order valence-corrected chi connectivity index (χ1v) is 10.4. The second-order valence-corrected chi connectivity index (χ2v) is 7.29. The van der Waals surface area contributed by atoms with E-state index in [9.17, 15) is 10.1 Å². The summed E-state index contributed by atoms with van der Waals surface area (Å²) in [5, 5.41) is 12.3. The first kappa shape index (κ1) is 22.6. The summed E-state index contributed by atoms with van der Waals surface area (Å²) >= 11 is 0. The van der Waals surface area contributed by atoms with E-state index in [0.29, 0.717) is 36.6 Å². The van der Waals surface area contributed by atoms with Crippen molar-refractivity contribution in [1.29, 1.82) is 5.26 Å². The van der Waals surface area contributed by atoms with Gasteiger partial charge in [-0.3, -0.25) is 4.79 Å². The van der Waals surface area contributed by atoms with Crippen molar-refractivity contribution in [3.05, 3.63) is 101 Å². The molecule has 0 fully saturated rings. The summed E-state index contributed by atoms with van der Waals surface area (Å²) < 4.78 is 11.4. The Kier molecular flexibility index (Phi) is 8.05. The van der Waals surface area contributed by atoms with Crippen molar-refractivity contribution >= 4 is 12.0 Å². The van der Waals surface area contributed by atoms with Gasteiger partial charge in [-0.2, -0.15) is 5.26 Å². The van der Waals surface area contributed by atoms with Gasteiger partial charge in [-0.15, -0.1) is 0 Å². The number of nitriles is 1. The predicted octanol–water partition coefficient (Wildman–Crippen LogP) is 4.85. The van der Waals surface area contributed by atoms with Gasteiger partial charge in [0, 0.05) is 6.54 Å². The zero-order valence-electron chi connectivity index (χ0n) is 18.3. The third-order valence-electron chi connectivity index (χ3n) is 5.05. The van der Waals surface area contributed by atoms with Crippen LogP contribution >= 0.6 is 0 Å². The molecule has 0 aliphatic heterocycles. The molecule has 0 aromatic heterocycles. The average Bonchev–Trinajstić information content (AvgIpc) is 2.83. The van der Waals surface area contributed by atoms with Crippen molar-refractivity contribution in [3.63, 3.8) is 0 Å². The fourth-order valence-corrected chi connectivity index (χ4v) is 3.20. The van der Waals surface area contributed by atoms with Crippen LogP contribution in [0.1, 0.15) is 22.3 Å². The normalized spacial score (nSPS) is 10.8. The fourth-order valence-electron chi connectivity index (χ4n) is 3.20. The number of nitrogens with one attached hydrogen (secondary N) is 1. The van der Waals surface area contributed by atoms with Crippen molar-refractivity contribution in [2.24, 2.45) is 0 Å². The minimum atomic E-state index is -0.401. The van der Waals surface area contributed by atoms with Crippen LogP contribution in [0.5, 0.6) is 11.5 Å². The highest BCUT2D eigenvalue weighted by molar-refractivity contribution is 6.01. The molecule has 0 saturated carbocycles. The van der Waals surface area contributed by atoms with Crippen molar-refractivity contribution in [2.45, 2.75) is 20.0 Å². The lowest BCUT2D eigenvalue weighted by Gasteiger charge is -2.13. The quantitative estimate of drug-likeness (QED) is 0.392. The summed E-state index contributed by atoms with van der Waals surface area (Å²) in [5.41, 5.74) is 4.09. The summed E-state index contributed by atoms with van der Waals surface area (Å²) in [4.78, 5) is 12.4. The van der Waals surface area contributed by atoms with Gasteiger partial charge in [0.15, 0.2) is 11.5 Å². The number of amides is 1. The summed E-state index contributed by atoms with van der Waals surface area (Å²) in [6.45, 7) is 2.92. The van der Waals surface area contributed by atoms with Crippen LogP contribution in [0.2, 0.25) is 0 Å². The molecule has 0 spiro atoms. The van der Waals surface area contributed by atoms with Crippen molar-refractivity contribution < 1.29 is 14.3 Å². The summed E-state index contributed by atoms with van der Waals surface area (Å²) in [6, 6.07) is 25.2. The molecule has 0 atom stereocenters. The van der Waals surface area contributed by atoms with E-state index < -0.39 is 5.91 Å². The van der Waals surface area contributed by atoms with E-state index in [-0.39, 0.29) is 5.57 Å². The Bertz CT molecular complexity index is 1130. The second-order valence-electron chi connectivity index (χ2n) is 7.29. The van der Waals surface area contributed by atoms with E-state index in [1.165, 1.54) is 0 Å². The van der Waals surface area contributed by atoms with Gasteiger partial charge >= 0.3 is 0 Å². The zero-order chi connectivity index (χ0) is 22.8. The number of benzene rings is 3. The number of methoxy groups -OCH3 is 1. The molecular formula is C27H26N2O3. The monoisotopic (exact) mass is 426 g/mol. The lowest BCUT2D eigenvalue weighted by molar-refractivity contribution is -0.117. The minimum Gasteiger partial charge on any atom is -0.493 e. The van der Waals surface area contributed by atoms with Gasteiger partial charge in [-0.25, -0.2) is 0 Å². The summed E-state index contributed by atoms with van der Waals surface area (Å²) in [6.07, 6.45) is 2.25. The number of hydrogen-bond donors (Lipinski definition) is 1. The fraction of sp³-hybridized carbons (Fsp3) is 0.185. The summed E-state index contributed by atoms with van der Waals surface area (Å²) in [5.74, 6) is 0.732. The lowest BCUT2D eigenvalue weighted by atomic mass is 10.1. The number of carbonyl (C=O) groups excluding carboxylic acids is 1. The van der Waals surface area contributed by atoms with Gasteiger partial charge in [-0.05, 0) is 53.8 Å². The third kappa shape index (κ3) is 6.23. The van der Waals surface area contributed by atoms with Gasteiger partial charge in [0.25, 0.3) is 5.91 Å². The van der Waals surface area contributed by atoms with Crippen molar-refractivity contribution in [3.8, 4) is 17.6 Å². The van der Waals surface area contributed by atoms with E-state index in [2.05, 4.69) is 5.32 Å². The topological polar surface area (TPSA) is 71.3 Å². The first-order valence-electron chi connectivity index (χ1n) is 10.4. The largest absolute Gasteiger partial charge is 0.493 e. The minimum absolute atomic E-state index is 0.0358. The van der Waals surface area contributed by atoms with Gasteiger partial charge in [-0.1, -0.05) is 60.7 Å². The standard InChI is InChI=1S/C27H26N2O3/c1-20-8-6-7-11-23(20)19-32-25-13-12-22(17-26(25)31-2)16-24(18-28)27(30)29-15-14-21-9-4-3-5-10-21/h3-13,16-17H,14-15,19H2,1-2H3,(H,29,30)/b24-16-. The first-order chi connectivity index (χ1) is 15.6. The van der Waals surface area contributed by atoms with E-state index in [4.69, 9.17) is 9.47 Å². The molecule has 162 valence electrons. The van der Waals surface area contributed by atoms with Crippen molar-refractivity contribution in [1.82, 2.24) is 5.32 Å². The van der Waals surface area contributed by atoms with Gasteiger partial charge < -0.3 is 14.8 Å². The predicted molar refractivity (Wildman–Crippen MR) is 125 cm³/mol.